The van der Waals surface area contributed by atoms with Crippen LogP contribution in [0.3, 0.4) is 0 Å². The minimum absolute atomic E-state index is 0.0319. The topological polar surface area (TPSA) is 55.6 Å². The Morgan fingerprint density at radius 2 is 1.96 bits per heavy atom. The van der Waals surface area contributed by atoms with E-state index in [0.717, 1.165) is 10.4 Å². The average Bonchev–Trinajstić information content (AvgIpc) is 2.98. The number of nitrogens with two attached hydrogens (primary N) is 1. The fourth-order valence-electron chi connectivity index (χ4n) is 2.37. The number of hydrogen-bond donors (Lipinski definition) is 1. The van der Waals surface area contributed by atoms with Crippen LogP contribution in [-0.2, 0) is 0 Å². The maximum absolute atomic E-state index is 12.8. The van der Waals surface area contributed by atoms with Gasteiger partial charge >= 0.3 is 0 Å². The van der Waals surface area contributed by atoms with E-state index in [4.69, 9.17) is 10.5 Å². The van der Waals surface area contributed by atoms with Gasteiger partial charge in [0.15, 0.2) is 0 Å². The van der Waals surface area contributed by atoms with Gasteiger partial charge in [-0.2, -0.15) is 0 Å². The summed E-state index contributed by atoms with van der Waals surface area (Å²) in [5, 5.41) is 0. The van der Waals surface area contributed by atoms with Gasteiger partial charge in [0.1, 0.15) is 10.6 Å². The molecule has 0 atom stereocenters. The largest absolute Gasteiger partial charge is 0.495 e. The Bertz CT molecular complexity index is 665. The highest BCUT2D eigenvalue weighted by molar-refractivity contribution is 7.17. The third-order valence-corrected chi connectivity index (χ3v) is 4.89. The Morgan fingerprint density at radius 3 is 2.52 bits per heavy atom. The molecule has 4 nitrogen and oxygen atoms in total. The van der Waals surface area contributed by atoms with E-state index in [2.05, 4.69) is 13.8 Å². The Labute approximate surface area is 141 Å². The molecule has 0 saturated carbocycles. The van der Waals surface area contributed by atoms with Crippen LogP contribution in [0.1, 0.15) is 23.5 Å². The van der Waals surface area contributed by atoms with Crippen molar-refractivity contribution in [1.82, 2.24) is 4.90 Å². The molecule has 0 spiro atoms. The number of hydrogen-bond acceptors (Lipinski definition) is 4. The average molecular weight is 332 g/mol. The molecule has 2 N–H and O–H groups in total. The minimum Gasteiger partial charge on any atom is -0.495 e. The van der Waals surface area contributed by atoms with Crippen molar-refractivity contribution in [2.24, 2.45) is 11.1 Å². The summed E-state index contributed by atoms with van der Waals surface area (Å²) < 4.78 is 5.41. The maximum atomic E-state index is 12.8. The van der Waals surface area contributed by atoms with Crippen molar-refractivity contribution < 1.29 is 9.53 Å². The Morgan fingerprint density at radius 1 is 1.30 bits per heavy atom. The highest BCUT2D eigenvalue weighted by Crippen LogP contribution is 2.37. The fourth-order valence-corrected chi connectivity index (χ4v) is 3.50. The summed E-state index contributed by atoms with van der Waals surface area (Å²) in [7, 11) is 3.40. The van der Waals surface area contributed by atoms with Gasteiger partial charge < -0.3 is 15.4 Å². The lowest BCUT2D eigenvalue weighted by atomic mass is 9.93. The van der Waals surface area contributed by atoms with E-state index in [-0.39, 0.29) is 11.3 Å². The molecular formula is C18H24N2O2S. The predicted molar refractivity (Wildman–Crippen MR) is 96.1 cm³/mol. The van der Waals surface area contributed by atoms with E-state index in [1.54, 1.807) is 19.1 Å². The summed E-state index contributed by atoms with van der Waals surface area (Å²) in [5.74, 6) is 0.590. The third-order valence-electron chi connectivity index (χ3n) is 3.73. The second-order valence-corrected chi connectivity index (χ2v) is 7.46. The molecule has 2 aromatic rings. The lowest BCUT2D eigenvalue weighted by molar-refractivity contribution is 0.0742. The maximum Gasteiger partial charge on any atom is 0.267 e. The first kappa shape index (κ1) is 17.5. The van der Waals surface area contributed by atoms with Crippen LogP contribution < -0.4 is 10.5 Å². The number of amides is 1. The van der Waals surface area contributed by atoms with Gasteiger partial charge in [0, 0.05) is 18.5 Å². The number of thiophene rings is 1. The van der Waals surface area contributed by atoms with Crippen molar-refractivity contribution in [1.29, 1.82) is 0 Å². The van der Waals surface area contributed by atoms with Crippen LogP contribution in [0, 0.1) is 5.41 Å². The first-order valence-corrected chi connectivity index (χ1v) is 8.38. The molecule has 0 radical (unpaired) electrons. The molecular weight excluding hydrogens is 308 g/mol. The molecule has 0 aliphatic rings. The summed E-state index contributed by atoms with van der Waals surface area (Å²) in [6.45, 7) is 5.24. The zero-order valence-corrected chi connectivity index (χ0v) is 14.9. The fraction of sp³-hybridized carbons (Fsp3) is 0.389. The van der Waals surface area contributed by atoms with E-state index < -0.39 is 0 Å². The molecule has 5 heteroatoms. The number of nitrogens with zero attached hydrogens (tertiary/aromatic N) is 1. The predicted octanol–water partition coefficient (Wildman–Crippen LogP) is 3.48. The number of rotatable bonds is 6. The molecule has 1 heterocycles. The lowest BCUT2D eigenvalue weighted by Gasteiger charge is -2.28. The van der Waals surface area contributed by atoms with Crippen LogP contribution in [0.25, 0.3) is 10.4 Å². The molecule has 0 aliphatic heterocycles. The smallest absolute Gasteiger partial charge is 0.267 e. The van der Waals surface area contributed by atoms with E-state index in [1.165, 1.54) is 11.3 Å². The molecule has 2 rings (SSSR count). The van der Waals surface area contributed by atoms with Crippen LogP contribution in [-0.4, -0.2) is 38.1 Å². The summed E-state index contributed by atoms with van der Waals surface area (Å²) in [4.78, 5) is 16.1. The van der Waals surface area contributed by atoms with Gasteiger partial charge in [0.05, 0.1) is 7.11 Å². The number of ether oxygens (including phenoxy) is 1. The zero-order chi connectivity index (χ0) is 17.0. The molecule has 23 heavy (non-hydrogen) atoms. The summed E-state index contributed by atoms with van der Waals surface area (Å²) in [5.41, 5.74) is 6.74. The molecule has 0 aliphatic carbocycles. The van der Waals surface area contributed by atoms with Crippen LogP contribution in [0.15, 0.2) is 36.4 Å². The lowest BCUT2D eigenvalue weighted by Crippen LogP contribution is -2.39. The normalized spacial score (nSPS) is 11.3. The van der Waals surface area contributed by atoms with Gasteiger partial charge in [-0.15, -0.1) is 11.3 Å². The Kier molecular flexibility index (Phi) is 5.44. The monoisotopic (exact) mass is 332 g/mol. The van der Waals surface area contributed by atoms with Crippen LogP contribution in [0.5, 0.6) is 5.75 Å². The second kappa shape index (κ2) is 7.15. The standard InChI is InChI=1S/C18H24N2O2S/c1-18(2,11-19)12-20(3)17(21)16-14(22-4)10-15(23-16)13-8-6-5-7-9-13/h5-10H,11-12,19H2,1-4H3. The highest BCUT2D eigenvalue weighted by atomic mass is 32.1. The van der Waals surface area contributed by atoms with Gasteiger partial charge in [0.2, 0.25) is 0 Å². The van der Waals surface area contributed by atoms with Crippen LogP contribution >= 0.6 is 11.3 Å². The van der Waals surface area contributed by atoms with Crippen LogP contribution in [0.2, 0.25) is 0 Å². The van der Waals surface area contributed by atoms with Gasteiger partial charge in [-0.1, -0.05) is 44.2 Å². The van der Waals surface area contributed by atoms with Crippen molar-refractivity contribution in [3.8, 4) is 16.2 Å². The summed E-state index contributed by atoms with van der Waals surface area (Å²) >= 11 is 1.46. The van der Waals surface area contributed by atoms with E-state index in [0.29, 0.717) is 23.7 Å². The van der Waals surface area contributed by atoms with Gasteiger partial charge in [-0.05, 0) is 23.6 Å². The Balaban J connectivity index is 2.28. The molecule has 0 unspecified atom stereocenters. The third kappa shape index (κ3) is 4.12. The van der Waals surface area contributed by atoms with Crippen molar-refractivity contribution in [3.63, 3.8) is 0 Å². The highest BCUT2D eigenvalue weighted by Gasteiger charge is 2.25. The van der Waals surface area contributed by atoms with E-state index in [9.17, 15) is 4.79 Å². The number of carbonyl (C=O) groups is 1. The summed E-state index contributed by atoms with van der Waals surface area (Å²) in [6.07, 6.45) is 0. The Hall–Kier alpha value is -1.85. The second-order valence-electron chi connectivity index (χ2n) is 6.40. The van der Waals surface area contributed by atoms with Crippen LogP contribution in [0.4, 0.5) is 0 Å². The van der Waals surface area contributed by atoms with Gasteiger partial charge in [0.25, 0.3) is 5.91 Å². The van der Waals surface area contributed by atoms with E-state index in [1.807, 2.05) is 36.4 Å². The molecule has 1 aromatic heterocycles. The van der Waals surface area contributed by atoms with Gasteiger partial charge in [-0.25, -0.2) is 0 Å². The SMILES string of the molecule is COc1cc(-c2ccccc2)sc1C(=O)N(C)CC(C)(C)CN. The number of methoxy groups -OCH3 is 1. The molecule has 0 bridgehead atoms. The molecule has 1 aromatic carbocycles. The van der Waals surface area contributed by atoms with Crippen molar-refractivity contribution in [2.75, 3.05) is 27.2 Å². The minimum atomic E-state index is -0.114. The summed E-state index contributed by atoms with van der Waals surface area (Å²) in [6, 6.07) is 11.9. The van der Waals surface area contributed by atoms with Crippen molar-refractivity contribution >= 4 is 17.2 Å². The molecule has 0 saturated heterocycles. The van der Waals surface area contributed by atoms with Crippen molar-refractivity contribution in [3.05, 3.63) is 41.3 Å². The van der Waals surface area contributed by atoms with Gasteiger partial charge in [-0.3, -0.25) is 4.79 Å². The quantitative estimate of drug-likeness (QED) is 0.881. The molecule has 0 fully saturated rings. The van der Waals surface area contributed by atoms with Crippen molar-refractivity contribution in [2.45, 2.75) is 13.8 Å². The first-order chi connectivity index (χ1) is 10.9. The molecule has 124 valence electrons. The first-order valence-electron chi connectivity index (χ1n) is 7.57. The number of benzene rings is 1. The zero-order valence-electron chi connectivity index (χ0n) is 14.1. The molecule has 1 amide bonds. The number of carbonyl (C=O) groups excluding carboxylic acids is 1. The van der Waals surface area contributed by atoms with E-state index >= 15 is 0 Å².